The van der Waals surface area contributed by atoms with Gasteiger partial charge < -0.3 is 4.74 Å². The van der Waals surface area contributed by atoms with Crippen molar-refractivity contribution in [3.8, 4) is 5.75 Å². The molecule has 2 atom stereocenters. The van der Waals surface area contributed by atoms with Gasteiger partial charge in [0.25, 0.3) is 0 Å². The zero-order valence-corrected chi connectivity index (χ0v) is 14.4. The van der Waals surface area contributed by atoms with Crippen LogP contribution in [0, 0.1) is 11.7 Å². The van der Waals surface area contributed by atoms with Crippen LogP contribution in [0.2, 0.25) is 0 Å². The van der Waals surface area contributed by atoms with E-state index in [1.165, 1.54) is 24.0 Å². The first-order valence-electron chi connectivity index (χ1n) is 8.17. The highest BCUT2D eigenvalue weighted by atomic mass is 32.1. The van der Waals surface area contributed by atoms with Crippen LogP contribution in [0.4, 0.5) is 8.78 Å². The van der Waals surface area contributed by atoms with Gasteiger partial charge in [-0.15, -0.1) is 11.3 Å². The lowest BCUT2D eigenvalue weighted by atomic mass is 9.80. The van der Waals surface area contributed by atoms with Crippen LogP contribution in [0.3, 0.4) is 0 Å². The fourth-order valence-corrected chi connectivity index (χ4v) is 4.77. The molecular weight excluding hydrogens is 326 g/mol. The van der Waals surface area contributed by atoms with Crippen LogP contribution in [0.1, 0.15) is 36.4 Å². The molecule has 4 heteroatoms. The predicted molar refractivity (Wildman–Crippen MR) is 95.8 cm³/mol. The second kappa shape index (κ2) is 5.85. The Hall–Kier alpha value is -1.94. The van der Waals surface area contributed by atoms with Crippen LogP contribution in [-0.4, -0.2) is 7.11 Å². The number of ether oxygens (including phenoxy) is 1. The Morgan fingerprint density at radius 3 is 2.83 bits per heavy atom. The number of halogens is 2. The number of benzene rings is 1. The molecule has 2 unspecified atom stereocenters. The fourth-order valence-electron chi connectivity index (χ4n) is 3.54. The molecular formula is C20H18F2OS. The Labute approximate surface area is 143 Å². The minimum absolute atomic E-state index is 0.201. The number of rotatable bonds is 3. The summed E-state index contributed by atoms with van der Waals surface area (Å²) in [5, 5.41) is 0.763. The average Bonchev–Trinajstić information content (AvgIpc) is 2.96. The highest BCUT2D eigenvalue weighted by Gasteiger charge is 2.34. The third-order valence-corrected chi connectivity index (χ3v) is 6.00. The molecule has 0 spiro atoms. The normalized spacial score (nSPS) is 22.0. The Balaban J connectivity index is 1.87. The molecule has 0 aliphatic heterocycles. The molecule has 0 fully saturated rings. The van der Waals surface area contributed by atoms with Gasteiger partial charge in [-0.05, 0) is 35.8 Å². The number of hydrogen-bond donors (Lipinski definition) is 0. The zero-order chi connectivity index (χ0) is 16.8. The van der Waals surface area contributed by atoms with E-state index in [0.717, 1.165) is 29.4 Å². The summed E-state index contributed by atoms with van der Waals surface area (Å²) >= 11 is 1.21. The molecule has 2 aromatic rings. The van der Waals surface area contributed by atoms with E-state index in [0.29, 0.717) is 9.58 Å². The van der Waals surface area contributed by atoms with Crippen molar-refractivity contribution in [2.75, 3.05) is 7.11 Å². The van der Waals surface area contributed by atoms with Crippen molar-refractivity contribution in [3.05, 3.63) is 57.8 Å². The maximum absolute atomic E-state index is 15.2. The monoisotopic (exact) mass is 344 g/mol. The van der Waals surface area contributed by atoms with Crippen molar-refractivity contribution in [1.29, 1.82) is 0 Å². The van der Waals surface area contributed by atoms with Crippen LogP contribution >= 0.6 is 11.3 Å². The molecule has 24 heavy (non-hydrogen) atoms. The van der Waals surface area contributed by atoms with Crippen LogP contribution < -0.4 is 4.74 Å². The van der Waals surface area contributed by atoms with Crippen LogP contribution in [0.15, 0.2) is 41.5 Å². The van der Waals surface area contributed by atoms with E-state index in [-0.39, 0.29) is 11.7 Å². The molecule has 2 aliphatic rings. The van der Waals surface area contributed by atoms with E-state index in [1.54, 1.807) is 6.07 Å². The van der Waals surface area contributed by atoms with Gasteiger partial charge in [-0.2, -0.15) is 0 Å². The quantitative estimate of drug-likeness (QED) is 0.629. The second-order valence-electron chi connectivity index (χ2n) is 6.24. The lowest BCUT2D eigenvalue weighted by Crippen LogP contribution is -2.15. The molecule has 1 aromatic carbocycles. The molecule has 0 bridgehead atoms. The van der Waals surface area contributed by atoms with Gasteiger partial charge in [-0.3, -0.25) is 0 Å². The average molecular weight is 344 g/mol. The van der Waals surface area contributed by atoms with E-state index >= 15 is 4.39 Å². The predicted octanol–water partition coefficient (Wildman–Crippen LogP) is 6.37. The van der Waals surface area contributed by atoms with Crippen molar-refractivity contribution in [3.63, 3.8) is 0 Å². The molecule has 0 radical (unpaired) electrons. The number of fused-ring (bicyclic) bond motifs is 4. The molecule has 2 aliphatic carbocycles. The maximum atomic E-state index is 15.2. The van der Waals surface area contributed by atoms with E-state index in [2.05, 4.69) is 13.0 Å². The Morgan fingerprint density at radius 1 is 1.25 bits per heavy atom. The second-order valence-corrected chi connectivity index (χ2v) is 7.29. The third kappa shape index (κ3) is 2.24. The first-order valence-corrected chi connectivity index (χ1v) is 8.99. The van der Waals surface area contributed by atoms with Crippen LogP contribution in [-0.2, 0) is 0 Å². The Morgan fingerprint density at radius 2 is 2.08 bits per heavy atom. The maximum Gasteiger partial charge on any atom is 0.182 e. The summed E-state index contributed by atoms with van der Waals surface area (Å²) in [7, 11) is 1.44. The number of allylic oxidation sites excluding steroid dienone is 5. The molecule has 1 nitrogen and oxygen atoms in total. The first-order chi connectivity index (χ1) is 11.6. The number of thiophene rings is 1. The van der Waals surface area contributed by atoms with Crippen molar-refractivity contribution in [2.45, 2.75) is 25.9 Å². The van der Waals surface area contributed by atoms with Gasteiger partial charge in [0.1, 0.15) is 6.17 Å². The van der Waals surface area contributed by atoms with Gasteiger partial charge in [0, 0.05) is 16.2 Å². The smallest absolute Gasteiger partial charge is 0.182 e. The van der Waals surface area contributed by atoms with Crippen molar-refractivity contribution in [1.82, 2.24) is 0 Å². The molecule has 0 amide bonds. The van der Waals surface area contributed by atoms with E-state index < -0.39 is 12.0 Å². The van der Waals surface area contributed by atoms with Crippen molar-refractivity contribution in [2.24, 2.45) is 5.92 Å². The topological polar surface area (TPSA) is 9.23 Å². The summed E-state index contributed by atoms with van der Waals surface area (Å²) in [6.07, 6.45) is 8.99. The van der Waals surface area contributed by atoms with E-state index in [9.17, 15) is 4.39 Å². The molecule has 1 heterocycles. The van der Waals surface area contributed by atoms with Gasteiger partial charge in [-0.25, -0.2) is 8.78 Å². The first kappa shape index (κ1) is 15.6. The van der Waals surface area contributed by atoms with Gasteiger partial charge >= 0.3 is 0 Å². The molecule has 0 saturated heterocycles. The number of hydrogen-bond acceptors (Lipinski definition) is 2. The van der Waals surface area contributed by atoms with E-state index in [1.807, 2.05) is 24.3 Å². The van der Waals surface area contributed by atoms with Crippen LogP contribution in [0.5, 0.6) is 5.75 Å². The Kier molecular flexibility index (Phi) is 3.80. The molecule has 0 N–H and O–H groups in total. The largest absolute Gasteiger partial charge is 0.494 e. The van der Waals surface area contributed by atoms with Crippen LogP contribution in [0.25, 0.3) is 16.2 Å². The minimum Gasteiger partial charge on any atom is -0.494 e. The summed E-state index contributed by atoms with van der Waals surface area (Å²) < 4.78 is 35.3. The SMILES string of the molecule is CCCC1=CC2C(=Cc3c(sc4c(F)c(OC)ccc34)C2F)C=C1. The van der Waals surface area contributed by atoms with Gasteiger partial charge in [0.15, 0.2) is 11.6 Å². The van der Waals surface area contributed by atoms with Gasteiger partial charge in [0.2, 0.25) is 0 Å². The molecule has 1 aromatic heterocycles. The van der Waals surface area contributed by atoms with E-state index in [4.69, 9.17) is 4.74 Å². The summed E-state index contributed by atoms with van der Waals surface area (Å²) in [5.41, 5.74) is 2.96. The summed E-state index contributed by atoms with van der Waals surface area (Å²) in [6, 6.07) is 3.43. The minimum atomic E-state index is -1.13. The summed E-state index contributed by atoms with van der Waals surface area (Å²) in [4.78, 5) is 0.619. The third-order valence-electron chi connectivity index (χ3n) is 4.73. The number of alkyl halides is 1. The molecule has 124 valence electrons. The summed E-state index contributed by atoms with van der Waals surface area (Å²) in [6.45, 7) is 2.12. The lowest BCUT2D eigenvalue weighted by molar-refractivity contribution is 0.297. The van der Waals surface area contributed by atoms with Crippen molar-refractivity contribution < 1.29 is 13.5 Å². The zero-order valence-electron chi connectivity index (χ0n) is 13.6. The highest BCUT2D eigenvalue weighted by molar-refractivity contribution is 7.19. The van der Waals surface area contributed by atoms with Gasteiger partial charge in [0.05, 0.1) is 11.8 Å². The highest BCUT2D eigenvalue weighted by Crippen LogP contribution is 2.50. The van der Waals surface area contributed by atoms with Gasteiger partial charge in [-0.1, -0.05) is 37.1 Å². The lowest BCUT2D eigenvalue weighted by Gasteiger charge is -2.27. The van der Waals surface area contributed by atoms with Crippen molar-refractivity contribution >= 4 is 27.5 Å². The Bertz CT molecular complexity index is 904. The molecule has 4 rings (SSSR count). The standard InChI is InChI=1S/C20H18F2OS/c1-3-4-11-5-6-12-10-15-13-7-8-16(23-2)18(22)19(13)24-20(15)17(21)14(12)9-11/h5-10,14,17H,3-4H2,1-2H3. The number of methoxy groups -OCH3 is 1. The fraction of sp³-hybridized carbons (Fsp3) is 0.300. The molecule has 0 saturated carbocycles. The summed E-state index contributed by atoms with van der Waals surface area (Å²) in [5.74, 6) is -0.464.